The molecule has 1 amide bonds. The van der Waals surface area contributed by atoms with Crippen molar-refractivity contribution in [3.63, 3.8) is 0 Å². The number of benzene rings is 2. The number of fused-ring (bicyclic) bond motifs is 1. The summed E-state index contributed by atoms with van der Waals surface area (Å²) in [4.78, 5) is 15.9. The van der Waals surface area contributed by atoms with Crippen LogP contribution in [0.2, 0.25) is 0 Å². The van der Waals surface area contributed by atoms with Crippen molar-refractivity contribution in [2.45, 2.75) is 28.9 Å². The van der Waals surface area contributed by atoms with Crippen LogP contribution in [-0.2, 0) is 10.0 Å². The summed E-state index contributed by atoms with van der Waals surface area (Å²) >= 11 is 1.75. The second-order valence-corrected chi connectivity index (χ2v) is 11.3. The van der Waals surface area contributed by atoms with E-state index < -0.39 is 10.0 Å². The summed E-state index contributed by atoms with van der Waals surface area (Å²) in [6.07, 6.45) is 0. The van der Waals surface area contributed by atoms with Gasteiger partial charge < -0.3 is 14.4 Å². The van der Waals surface area contributed by atoms with Crippen LogP contribution in [-0.4, -0.2) is 68.2 Å². The number of hydrogen-bond acceptors (Lipinski definition) is 6. The van der Waals surface area contributed by atoms with Crippen LogP contribution in [0.1, 0.15) is 24.2 Å². The molecule has 0 aliphatic carbocycles. The second-order valence-electron chi connectivity index (χ2n) is 7.69. The number of thioether (sulfide) groups is 1. The molecule has 0 bridgehead atoms. The largest absolute Gasteiger partial charge is 0.486 e. The molecule has 1 saturated heterocycles. The zero-order chi connectivity index (χ0) is 22.0. The molecule has 0 radical (unpaired) electrons. The molecule has 2 aliphatic rings. The van der Waals surface area contributed by atoms with Gasteiger partial charge in [-0.25, -0.2) is 8.42 Å². The van der Waals surface area contributed by atoms with Crippen LogP contribution in [0, 0.1) is 0 Å². The first-order valence-electron chi connectivity index (χ1n) is 10.3. The van der Waals surface area contributed by atoms with Crippen molar-refractivity contribution in [1.82, 2.24) is 9.21 Å². The van der Waals surface area contributed by atoms with Crippen molar-refractivity contribution in [3.8, 4) is 11.5 Å². The molecule has 0 spiro atoms. The number of carbonyl (C=O) groups excluding carboxylic acids is 1. The number of amides is 1. The summed E-state index contributed by atoms with van der Waals surface area (Å²) in [7, 11) is -3.67. The Balaban J connectivity index is 1.40. The van der Waals surface area contributed by atoms with Gasteiger partial charge in [0.05, 0.1) is 4.90 Å². The molecule has 2 heterocycles. The molecule has 0 atom stereocenters. The Labute approximate surface area is 187 Å². The third-order valence-corrected chi connectivity index (χ3v) is 8.06. The smallest absolute Gasteiger partial charge is 0.253 e. The SMILES string of the molecule is CC(C)Sc1ccc(C(=O)N2CCN(S(=O)(=O)c3ccc4c(c3)OCCO4)CC2)cc1. The van der Waals surface area contributed by atoms with Gasteiger partial charge in [0, 0.05) is 48.0 Å². The van der Waals surface area contributed by atoms with Gasteiger partial charge in [0.25, 0.3) is 5.91 Å². The van der Waals surface area contributed by atoms with Gasteiger partial charge in [0.15, 0.2) is 11.5 Å². The first kappa shape index (κ1) is 22.0. The Hall–Kier alpha value is -2.23. The first-order chi connectivity index (χ1) is 14.8. The van der Waals surface area contributed by atoms with Crippen LogP contribution >= 0.6 is 11.8 Å². The van der Waals surface area contributed by atoms with E-state index in [-0.39, 0.29) is 23.9 Å². The maximum atomic E-state index is 13.1. The molecular formula is C22H26N2O5S2. The minimum atomic E-state index is -3.67. The standard InChI is InChI=1S/C22H26N2O5S2/c1-16(2)30-18-5-3-17(4-6-18)22(25)23-9-11-24(12-10-23)31(26,27)19-7-8-20-21(15-19)29-14-13-28-20/h3-8,15-16H,9-14H2,1-2H3. The highest BCUT2D eigenvalue weighted by molar-refractivity contribution is 7.99. The maximum absolute atomic E-state index is 13.1. The van der Waals surface area contributed by atoms with Gasteiger partial charge in [-0.3, -0.25) is 4.79 Å². The third-order valence-electron chi connectivity index (χ3n) is 5.15. The lowest BCUT2D eigenvalue weighted by molar-refractivity contribution is 0.0698. The van der Waals surface area contributed by atoms with Crippen LogP contribution in [0.5, 0.6) is 11.5 Å². The molecule has 7 nitrogen and oxygen atoms in total. The number of ether oxygens (including phenoxy) is 2. The Morgan fingerprint density at radius 3 is 2.23 bits per heavy atom. The number of piperazine rings is 1. The average Bonchev–Trinajstić information content (AvgIpc) is 2.78. The van der Waals surface area contributed by atoms with E-state index in [0.29, 0.717) is 48.6 Å². The van der Waals surface area contributed by atoms with Crippen LogP contribution in [0.3, 0.4) is 0 Å². The number of rotatable bonds is 5. The lowest BCUT2D eigenvalue weighted by Gasteiger charge is -2.34. The molecule has 9 heteroatoms. The van der Waals surface area contributed by atoms with Gasteiger partial charge >= 0.3 is 0 Å². The Morgan fingerprint density at radius 1 is 0.935 bits per heavy atom. The Bertz CT molecular complexity index is 1050. The Kier molecular flexibility index (Phi) is 6.45. The van der Waals surface area contributed by atoms with Gasteiger partial charge in [0.1, 0.15) is 13.2 Å². The number of nitrogens with zero attached hydrogens (tertiary/aromatic N) is 2. The molecule has 4 rings (SSSR count). The van der Waals surface area contributed by atoms with E-state index >= 15 is 0 Å². The fraction of sp³-hybridized carbons (Fsp3) is 0.409. The van der Waals surface area contributed by atoms with E-state index in [1.165, 1.54) is 16.4 Å². The predicted octanol–water partition coefficient (Wildman–Crippen LogP) is 3.11. The van der Waals surface area contributed by atoms with Gasteiger partial charge in [0.2, 0.25) is 10.0 Å². The minimum absolute atomic E-state index is 0.0718. The highest BCUT2D eigenvalue weighted by atomic mass is 32.2. The summed E-state index contributed by atoms with van der Waals surface area (Å²) in [6, 6.07) is 12.3. The van der Waals surface area contributed by atoms with Gasteiger partial charge in [-0.1, -0.05) is 13.8 Å². The Morgan fingerprint density at radius 2 is 1.58 bits per heavy atom. The molecule has 166 valence electrons. The molecule has 0 saturated carbocycles. The van der Waals surface area contributed by atoms with Crippen LogP contribution < -0.4 is 9.47 Å². The second kappa shape index (κ2) is 9.10. The number of carbonyl (C=O) groups is 1. The van der Waals surface area contributed by atoms with Crippen molar-refractivity contribution in [2.24, 2.45) is 0 Å². The van der Waals surface area contributed by atoms with Crippen molar-refractivity contribution >= 4 is 27.7 Å². The molecule has 0 N–H and O–H groups in total. The normalized spacial score (nSPS) is 17.1. The molecule has 2 aromatic rings. The average molecular weight is 463 g/mol. The summed E-state index contributed by atoms with van der Waals surface area (Å²) in [5, 5.41) is 0.478. The summed E-state index contributed by atoms with van der Waals surface area (Å²) < 4.78 is 38.5. The molecule has 2 aliphatic heterocycles. The van der Waals surface area contributed by atoms with Gasteiger partial charge in [-0.15, -0.1) is 11.8 Å². The zero-order valence-electron chi connectivity index (χ0n) is 17.6. The van der Waals surface area contributed by atoms with E-state index in [4.69, 9.17) is 9.47 Å². The monoisotopic (exact) mass is 462 g/mol. The highest BCUT2D eigenvalue weighted by Gasteiger charge is 2.31. The molecule has 0 aromatic heterocycles. The van der Waals surface area contributed by atoms with E-state index in [1.807, 2.05) is 24.3 Å². The molecular weight excluding hydrogens is 436 g/mol. The summed E-state index contributed by atoms with van der Waals surface area (Å²) in [5.74, 6) is 0.927. The van der Waals surface area contributed by atoms with Crippen LogP contribution in [0.15, 0.2) is 52.3 Å². The quantitative estimate of drug-likeness (QED) is 0.636. The van der Waals surface area contributed by atoms with Crippen LogP contribution in [0.4, 0.5) is 0 Å². The minimum Gasteiger partial charge on any atom is -0.486 e. The number of sulfonamides is 1. The van der Waals surface area contributed by atoms with Crippen molar-refractivity contribution in [1.29, 1.82) is 0 Å². The molecule has 1 fully saturated rings. The fourth-order valence-corrected chi connectivity index (χ4v) is 5.87. The lowest BCUT2D eigenvalue weighted by atomic mass is 10.2. The highest BCUT2D eigenvalue weighted by Crippen LogP contribution is 2.33. The van der Waals surface area contributed by atoms with E-state index in [1.54, 1.807) is 22.7 Å². The van der Waals surface area contributed by atoms with Crippen molar-refractivity contribution in [3.05, 3.63) is 48.0 Å². The van der Waals surface area contributed by atoms with Crippen molar-refractivity contribution in [2.75, 3.05) is 39.4 Å². The van der Waals surface area contributed by atoms with Gasteiger partial charge in [-0.2, -0.15) is 4.31 Å². The van der Waals surface area contributed by atoms with E-state index in [0.717, 1.165) is 4.90 Å². The summed E-state index contributed by atoms with van der Waals surface area (Å²) in [5.41, 5.74) is 0.622. The van der Waals surface area contributed by atoms with Gasteiger partial charge in [-0.05, 0) is 36.4 Å². The summed E-state index contributed by atoms with van der Waals surface area (Å²) in [6.45, 7) is 6.32. The lowest BCUT2D eigenvalue weighted by Crippen LogP contribution is -2.50. The fourth-order valence-electron chi connectivity index (χ4n) is 3.60. The predicted molar refractivity (Wildman–Crippen MR) is 120 cm³/mol. The van der Waals surface area contributed by atoms with E-state index in [9.17, 15) is 13.2 Å². The van der Waals surface area contributed by atoms with Crippen LogP contribution in [0.25, 0.3) is 0 Å². The van der Waals surface area contributed by atoms with Crippen molar-refractivity contribution < 1.29 is 22.7 Å². The molecule has 2 aromatic carbocycles. The maximum Gasteiger partial charge on any atom is 0.253 e. The molecule has 31 heavy (non-hydrogen) atoms. The van der Waals surface area contributed by atoms with E-state index in [2.05, 4.69) is 13.8 Å². The first-order valence-corrected chi connectivity index (χ1v) is 12.6. The third kappa shape index (κ3) is 4.83. The molecule has 0 unspecified atom stereocenters. The topological polar surface area (TPSA) is 76.2 Å². The number of hydrogen-bond donors (Lipinski definition) is 0. The zero-order valence-corrected chi connectivity index (χ0v) is 19.2.